The lowest BCUT2D eigenvalue weighted by Crippen LogP contribution is -2.15. The molecule has 3 N–H and O–H groups in total. The van der Waals surface area contributed by atoms with Crippen molar-refractivity contribution >= 4 is 17.5 Å². The highest BCUT2D eigenvalue weighted by Gasteiger charge is 2.10. The van der Waals surface area contributed by atoms with Crippen LogP contribution in [0.2, 0.25) is 0 Å². The van der Waals surface area contributed by atoms with Gasteiger partial charge in [-0.2, -0.15) is 0 Å². The molecule has 0 spiro atoms. The molecule has 0 fully saturated rings. The topological polar surface area (TPSA) is 85.1 Å². The van der Waals surface area contributed by atoms with Crippen LogP contribution in [0.1, 0.15) is 42.6 Å². The van der Waals surface area contributed by atoms with E-state index in [4.69, 9.17) is 5.73 Å². The second kappa shape index (κ2) is 6.13. The van der Waals surface area contributed by atoms with E-state index in [1.165, 1.54) is 24.3 Å². The van der Waals surface area contributed by atoms with Gasteiger partial charge in [0.15, 0.2) is 0 Å². The summed E-state index contributed by atoms with van der Waals surface area (Å²) in [6.45, 7) is 0. The fourth-order valence-corrected chi connectivity index (χ4v) is 2.09. The normalized spacial score (nSPS) is 14.6. The number of hydrogen-bond acceptors (Lipinski definition) is 3. The van der Waals surface area contributed by atoms with E-state index >= 15 is 0 Å². The van der Waals surface area contributed by atoms with Crippen LogP contribution in [-0.4, -0.2) is 16.8 Å². The second-order valence-corrected chi connectivity index (χ2v) is 4.63. The maximum absolute atomic E-state index is 11.8. The Kier molecular flexibility index (Phi) is 4.28. The summed E-state index contributed by atoms with van der Waals surface area (Å²) in [4.78, 5) is 26.6. The molecular weight excluding hydrogens is 242 g/mol. The fraction of sp³-hybridized carbons (Fsp3) is 0.357. The van der Waals surface area contributed by atoms with Gasteiger partial charge in [-0.1, -0.05) is 11.6 Å². The Hall–Kier alpha value is -2.17. The molecule has 0 unspecified atom stereocenters. The first kappa shape index (κ1) is 13.3. The molecule has 1 aliphatic rings. The molecule has 100 valence electrons. The largest absolute Gasteiger partial charge is 0.364 e. The van der Waals surface area contributed by atoms with Crippen molar-refractivity contribution in [1.82, 2.24) is 4.98 Å². The van der Waals surface area contributed by atoms with Gasteiger partial charge in [0, 0.05) is 6.42 Å². The van der Waals surface area contributed by atoms with Crippen molar-refractivity contribution in [2.75, 3.05) is 5.32 Å². The minimum Gasteiger partial charge on any atom is -0.364 e. The van der Waals surface area contributed by atoms with Gasteiger partial charge in [-0.3, -0.25) is 9.59 Å². The van der Waals surface area contributed by atoms with Crippen molar-refractivity contribution in [2.45, 2.75) is 32.1 Å². The monoisotopic (exact) mass is 259 g/mol. The first-order valence-corrected chi connectivity index (χ1v) is 6.39. The standard InChI is InChI=1S/C14H17N3O2/c15-14(19)12-7-6-11(9-16-12)17-13(18)8-10-4-2-1-3-5-10/h4,6-7,9H,1-3,5,8H2,(H2,15,19)(H,17,18). The average Bonchev–Trinajstić information content (AvgIpc) is 2.40. The molecule has 1 aromatic heterocycles. The zero-order valence-electron chi connectivity index (χ0n) is 10.7. The van der Waals surface area contributed by atoms with Crippen molar-refractivity contribution in [1.29, 1.82) is 0 Å². The molecule has 1 aromatic rings. The third-order valence-electron chi connectivity index (χ3n) is 3.07. The molecule has 0 saturated heterocycles. The summed E-state index contributed by atoms with van der Waals surface area (Å²) >= 11 is 0. The zero-order valence-corrected chi connectivity index (χ0v) is 10.7. The van der Waals surface area contributed by atoms with E-state index in [0.717, 1.165) is 19.3 Å². The second-order valence-electron chi connectivity index (χ2n) is 4.63. The zero-order chi connectivity index (χ0) is 13.7. The maximum atomic E-state index is 11.8. The van der Waals surface area contributed by atoms with Gasteiger partial charge < -0.3 is 11.1 Å². The van der Waals surface area contributed by atoms with Crippen molar-refractivity contribution in [3.05, 3.63) is 35.7 Å². The number of amides is 2. The van der Waals surface area contributed by atoms with Gasteiger partial charge >= 0.3 is 0 Å². The van der Waals surface area contributed by atoms with Gasteiger partial charge in [0.2, 0.25) is 5.91 Å². The molecule has 2 amide bonds. The first-order valence-electron chi connectivity index (χ1n) is 6.39. The van der Waals surface area contributed by atoms with E-state index in [1.54, 1.807) is 6.07 Å². The summed E-state index contributed by atoms with van der Waals surface area (Å²) in [5, 5.41) is 2.76. The van der Waals surface area contributed by atoms with E-state index < -0.39 is 5.91 Å². The predicted octanol–water partition coefficient (Wildman–Crippen LogP) is 2.01. The quantitative estimate of drug-likeness (QED) is 0.811. The Morgan fingerprint density at radius 2 is 2.16 bits per heavy atom. The van der Waals surface area contributed by atoms with Crippen molar-refractivity contribution in [2.24, 2.45) is 5.73 Å². The smallest absolute Gasteiger partial charge is 0.267 e. The van der Waals surface area contributed by atoms with Crippen LogP contribution >= 0.6 is 0 Å². The van der Waals surface area contributed by atoms with Crippen LogP contribution in [0.15, 0.2) is 30.0 Å². The third-order valence-corrected chi connectivity index (χ3v) is 3.07. The summed E-state index contributed by atoms with van der Waals surface area (Å²) in [7, 11) is 0. The molecular formula is C14H17N3O2. The maximum Gasteiger partial charge on any atom is 0.267 e. The van der Waals surface area contributed by atoms with E-state index in [9.17, 15) is 9.59 Å². The summed E-state index contributed by atoms with van der Waals surface area (Å²) in [6.07, 6.45) is 8.46. The lowest BCUT2D eigenvalue weighted by atomic mass is 9.97. The number of hydrogen-bond donors (Lipinski definition) is 2. The number of primary amides is 1. The number of nitrogens with zero attached hydrogens (tertiary/aromatic N) is 1. The molecule has 1 aliphatic carbocycles. The van der Waals surface area contributed by atoms with Crippen LogP contribution < -0.4 is 11.1 Å². The molecule has 5 heteroatoms. The van der Waals surface area contributed by atoms with Gasteiger partial charge in [0.25, 0.3) is 5.91 Å². The summed E-state index contributed by atoms with van der Waals surface area (Å²) < 4.78 is 0. The van der Waals surface area contributed by atoms with E-state index in [0.29, 0.717) is 12.1 Å². The number of allylic oxidation sites excluding steroid dienone is 1. The van der Waals surface area contributed by atoms with Crippen LogP contribution in [0.4, 0.5) is 5.69 Å². The molecule has 0 bridgehead atoms. The van der Waals surface area contributed by atoms with Gasteiger partial charge in [-0.05, 0) is 37.8 Å². The lowest BCUT2D eigenvalue weighted by Gasteiger charge is -2.12. The minimum atomic E-state index is -0.578. The molecule has 0 aliphatic heterocycles. The van der Waals surface area contributed by atoms with E-state index in [1.807, 2.05) is 0 Å². The summed E-state index contributed by atoms with van der Waals surface area (Å²) in [5.41, 5.74) is 7.06. The van der Waals surface area contributed by atoms with Crippen molar-refractivity contribution in [3.8, 4) is 0 Å². The Morgan fingerprint density at radius 3 is 2.74 bits per heavy atom. The number of pyridine rings is 1. The van der Waals surface area contributed by atoms with Crippen LogP contribution in [0.5, 0.6) is 0 Å². The molecule has 19 heavy (non-hydrogen) atoms. The van der Waals surface area contributed by atoms with E-state index in [2.05, 4.69) is 16.4 Å². The van der Waals surface area contributed by atoms with Gasteiger partial charge in [0.1, 0.15) is 5.69 Å². The Labute approximate surface area is 111 Å². The molecule has 0 atom stereocenters. The van der Waals surface area contributed by atoms with Crippen LogP contribution in [0, 0.1) is 0 Å². The number of rotatable bonds is 4. The molecule has 0 saturated carbocycles. The molecule has 0 aromatic carbocycles. The fourth-order valence-electron chi connectivity index (χ4n) is 2.09. The highest BCUT2D eigenvalue weighted by Crippen LogP contribution is 2.20. The summed E-state index contributed by atoms with van der Waals surface area (Å²) in [5.74, 6) is -0.632. The third kappa shape index (κ3) is 3.91. The van der Waals surface area contributed by atoms with Crippen molar-refractivity contribution in [3.63, 3.8) is 0 Å². The van der Waals surface area contributed by atoms with Crippen molar-refractivity contribution < 1.29 is 9.59 Å². The van der Waals surface area contributed by atoms with Gasteiger partial charge in [-0.15, -0.1) is 0 Å². The van der Waals surface area contributed by atoms with Crippen LogP contribution in [0.25, 0.3) is 0 Å². The number of nitrogens with one attached hydrogen (secondary N) is 1. The number of anilines is 1. The SMILES string of the molecule is NC(=O)c1ccc(NC(=O)CC2=CCCCC2)cn1. The van der Waals surface area contributed by atoms with Crippen LogP contribution in [0.3, 0.4) is 0 Å². The molecule has 2 rings (SSSR count). The van der Waals surface area contributed by atoms with E-state index in [-0.39, 0.29) is 11.6 Å². The number of carbonyl (C=O) groups excluding carboxylic acids is 2. The van der Waals surface area contributed by atoms with Gasteiger partial charge in [0.05, 0.1) is 11.9 Å². The minimum absolute atomic E-state index is 0.0539. The molecule has 5 nitrogen and oxygen atoms in total. The molecule has 0 radical (unpaired) electrons. The summed E-state index contributed by atoms with van der Waals surface area (Å²) in [6, 6.07) is 3.12. The average molecular weight is 259 g/mol. The Bertz CT molecular complexity index is 506. The molecule has 1 heterocycles. The first-order chi connectivity index (χ1) is 9.15. The highest BCUT2D eigenvalue weighted by molar-refractivity contribution is 5.93. The predicted molar refractivity (Wildman–Crippen MR) is 72.6 cm³/mol. The van der Waals surface area contributed by atoms with Crippen LogP contribution in [-0.2, 0) is 4.79 Å². The Balaban J connectivity index is 1.91. The number of aromatic nitrogens is 1. The highest BCUT2D eigenvalue weighted by atomic mass is 16.2. The number of nitrogens with two attached hydrogens (primary N) is 1. The lowest BCUT2D eigenvalue weighted by molar-refractivity contribution is -0.115. The Morgan fingerprint density at radius 1 is 1.32 bits per heavy atom. The number of carbonyl (C=O) groups is 2. The van der Waals surface area contributed by atoms with Gasteiger partial charge in [-0.25, -0.2) is 4.98 Å².